The molecule has 0 bridgehead atoms. The van der Waals surface area contributed by atoms with E-state index in [9.17, 15) is 0 Å². The highest BCUT2D eigenvalue weighted by Gasteiger charge is 1.89. The minimum atomic E-state index is 0.995. The number of benzene rings is 1. The zero-order valence-corrected chi connectivity index (χ0v) is 13.8. The van der Waals surface area contributed by atoms with Crippen LogP contribution >= 0.6 is 0 Å². The summed E-state index contributed by atoms with van der Waals surface area (Å²) >= 11 is 0. The smallest absolute Gasteiger partial charge is 0.0249 e. The molecule has 0 nitrogen and oxygen atoms in total. The molecule has 0 amide bonds. The van der Waals surface area contributed by atoms with Gasteiger partial charge in [0, 0.05) is 22.3 Å². The zero-order valence-electron chi connectivity index (χ0n) is 13.8. The molecule has 1 aromatic rings. The third-order valence-corrected chi connectivity index (χ3v) is 2.90. The molecule has 0 unspecified atom stereocenters. The molecular weight excluding hydrogens is 264 g/mol. The van der Waals surface area contributed by atoms with Crippen molar-refractivity contribution in [1.82, 2.24) is 0 Å². The van der Waals surface area contributed by atoms with Crippen molar-refractivity contribution in [3.8, 4) is 23.7 Å². The van der Waals surface area contributed by atoms with Crippen molar-refractivity contribution in [2.45, 2.75) is 27.7 Å². The van der Waals surface area contributed by atoms with Crippen LogP contribution in [0.1, 0.15) is 38.8 Å². The lowest BCUT2D eigenvalue weighted by atomic mass is 10.1. The van der Waals surface area contributed by atoms with Gasteiger partial charge in [0.25, 0.3) is 0 Å². The molecular formula is C22H22. The van der Waals surface area contributed by atoms with Crippen LogP contribution in [0, 0.1) is 23.7 Å². The van der Waals surface area contributed by atoms with Gasteiger partial charge < -0.3 is 0 Å². The second-order valence-corrected chi connectivity index (χ2v) is 4.57. The van der Waals surface area contributed by atoms with Gasteiger partial charge in [0.2, 0.25) is 0 Å². The van der Waals surface area contributed by atoms with Crippen molar-refractivity contribution in [3.05, 3.63) is 83.0 Å². The number of hydrogen-bond acceptors (Lipinski definition) is 0. The van der Waals surface area contributed by atoms with Gasteiger partial charge in [0.05, 0.1) is 0 Å². The van der Waals surface area contributed by atoms with Gasteiger partial charge in [0.1, 0.15) is 0 Å². The van der Waals surface area contributed by atoms with E-state index in [1.807, 2.05) is 88.4 Å². The van der Waals surface area contributed by atoms with Crippen molar-refractivity contribution in [2.24, 2.45) is 0 Å². The van der Waals surface area contributed by atoms with E-state index < -0.39 is 0 Å². The fraction of sp³-hybridized carbons (Fsp3) is 0.182. The monoisotopic (exact) mass is 286 g/mol. The third-order valence-electron chi connectivity index (χ3n) is 2.90. The lowest BCUT2D eigenvalue weighted by Crippen LogP contribution is -1.79. The lowest BCUT2D eigenvalue weighted by molar-refractivity contribution is 1.58. The average Bonchev–Trinajstić information content (AvgIpc) is 2.56. The van der Waals surface area contributed by atoms with Crippen LogP contribution in [0.3, 0.4) is 0 Å². The minimum absolute atomic E-state index is 0.995. The first-order valence-electron chi connectivity index (χ1n) is 7.45. The zero-order chi connectivity index (χ0) is 16.2. The Morgan fingerprint density at radius 3 is 1.32 bits per heavy atom. The second kappa shape index (κ2) is 10.1. The van der Waals surface area contributed by atoms with Crippen LogP contribution < -0.4 is 0 Å². The molecule has 1 aromatic carbocycles. The highest BCUT2D eigenvalue weighted by Crippen LogP contribution is 2.04. The van der Waals surface area contributed by atoms with E-state index >= 15 is 0 Å². The maximum absolute atomic E-state index is 3.16. The largest absolute Gasteiger partial charge is 0.0864 e. The van der Waals surface area contributed by atoms with Crippen molar-refractivity contribution in [3.63, 3.8) is 0 Å². The maximum Gasteiger partial charge on any atom is 0.0249 e. The molecule has 0 aliphatic rings. The second-order valence-electron chi connectivity index (χ2n) is 4.57. The molecule has 0 saturated heterocycles. The SMILES string of the molecule is C/C=C\C(C#Cc1ccc(C#CC(/C=C\C)=C/C)cc1)=C/C. The summed E-state index contributed by atoms with van der Waals surface area (Å²) in [7, 11) is 0. The lowest BCUT2D eigenvalue weighted by Gasteiger charge is -1.93. The standard InChI is InChI=1S/C22H22/c1-5-9-19(7-3)11-13-21-15-17-22(18-16-21)14-12-20(8-4)10-6-2/h5-10,15-18H,1-4H3/b9-5-,10-6-,19-7+,20-8+. The van der Waals surface area contributed by atoms with Crippen LogP contribution in [0.5, 0.6) is 0 Å². The van der Waals surface area contributed by atoms with E-state index in [1.54, 1.807) is 0 Å². The quantitative estimate of drug-likeness (QED) is 0.502. The van der Waals surface area contributed by atoms with Crippen LogP contribution in [0.15, 0.2) is 71.9 Å². The van der Waals surface area contributed by atoms with Crippen molar-refractivity contribution < 1.29 is 0 Å². The summed E-state index contributed by atoms with van der Waals surface area (Å²) in [6, 6.07) is 8.02. The molecule has 22 heavy (non-hydrogen) atoms. The van der Waals surface area contributed by atoms with E-state index in [2.05, 4.69) is 23.7 Å². The maximum atomic E-state index is 3.16. The molecule has 0 fully saturated rings. The first-order valence-corrected chi connectivity index (χ1v) is 7.45. The first-order chi connectivity index (χ1) is 10.7. The fourth-order valence-corrected chi connectivity index (χ4v) is 1.70. The minimum Gasteiger partial charge on any atom is -0.0864 e. The molecule has 0 N–H and O–H groups in total. The Balaban J connectivity index is 2.89. The molecule has 0 spiro atoms. The Hall–Kier alpha value is -2.70. The first kappa shape index (κ1) is 17.4. The van der Waals surface area contributed by atoms with E-state index in [-0.39, 0.29) is 0 Å². The summed E-state index contributed by atoms with van der Waals surface area (Å²) in [6.07, 6.45) is 12.0. The van der Waals surface area contributed by atoms with E-state index in [0.29, 0.717) is 0 Å². The number of hydrogen-bond donors (Lipinski definition) is 0. The molecule has 0 aliphatic carbocycles. The molecule has 0 saturated carbocycles. The summed E-state index contributed by atoms with van der Waals surface area (Å²) in [5.41, 5.74) is 4.04. The summed E-state index contributed by atoms with van der Waals surface area (Å²) in [5, 5.41) is 0. The van der Waals surface area contributed by atoms with Crippen molar-refractivity contribution in [2.75, 3.05) is 0 Å². The van der Waals surface area contributed by atoms with Gasteiger partial charge in [-0.3, -0.25) is 0 Å². The Bertz CT molecular complexity index is 647. The highest BCUT2D eigenvalue weighted by molar-refractivity contribution is 5.49. The van der Waals surface area contributed by atoms with Gasteiger partial charge >= 0.3 is 0 Å². The molecule has 1 rings (SSSR count). The van der Waals surface area contributed by atoms with Gasteiger partial charge in [-0.15, -0.1) is 0 Å². The Kier molecular flexibility index (Phi) is 7.96. The Morgan fingerprint density at radius 2 is 1.05 bits per heavy atom. The fourth-order valence-electron chi connectivity index (χ4n) is 1.70. The molecule has 110 valence electrons. The van der Waals surface area contributed by atoms with Crippen LogP contribution in [0.4, 0.5) is 0 Å². The third kappa shape index (κ3) is 6.17. The summed E-state index contributed by atoms with van der Waals surface area (Å²) in [6.45, 7) is 7.97. The molecule has 0 aromatic heterocycles. The summed E-state index contributed by atoms with van der Waals surface area (Å²) < 4.78 is 0. The van der Waals surface area contributed by atoms with E-state index in [1.165, 1.54) is 0 Å². The van der Waals surface area contributed by atoms with Crippen LogP contribution in [-0.2, 0) is 0 Å². The summed E-state index contributed by atoms with van der Waals surface area (Å²) in [5.74, 6) is 12.6. The van der Waals surface area contributed by atoms with Gasteiger partial charge in [-0.2, -0.15) is 0 Å². The van der Waals surface area contributed by atoms with Gasteiger partial charge in [-0.25, -0.2) is 0 Å². The van der Waals surface area contributed by atoms with Crippen LogP contribution in [0.2, 0.25) is 0 Å². The highest BCUT2D eigenvalue weighted by atomic mass is 13.9. The number of allylic oxidation sites excluding steroid dienone is 8. The normalized spacial score (nSPS) is 12.0. The average molecular weight is 286 g/mol. The van der Waals surface area contributed by atoms with Crippen LogP contribution in [-0.4, -0.2) is 0 Å². The predicted molar refractivity (Wildman–Crippen MR) is 97.3 cm³/mol. The number of rotatable bonds is 2. The summed E-state index contributed by atoms with van der Waals surface area (Å²) in [4.78, 5) is 0. The predicted octanol–water partition coefficient (Wildman–Crippen LogP) is 5.43. The Morgan fingerprint density at radius 1 is 0.682 bits per heavy atom. The van der Waals surface area contributed by atoms with Gasteiger partial charge in [-0.05, 0) is 52.0 Å². The van der Waals surface area contributed by atoms with Gasteiger partial charge in [0.15, 0.2) is 0 Å². The van der Waals surface area contributed by atoms with E-state index in [4.69, 9.17) is 0 Å². The topological polar surface area (TPSA) is 0 Å². The molecule has 0 radical (unpaired) electrons. The van der Waals surface area contributed by atoms with Crippen LogP contribution in [0.25, 0.3) is 0 Å². The molecule has 0 aliphatic heterocycles. The van der Waals surface area contributed by atoms with Crippen molar-refractivity contribution >= 4 is 0 Å². The Labute approximate surface area is 135 Å². The molecule has 0 heterocycles. The van der Waals surface area contributed by atoms with Gasteiger partial charge in [-0.1, -0.05) is 60.1 Å². The molecule has 0 heteroatoms. The molecule has 0 atom stereocenters. The van der Waals surface area contributed by atoms with E-state index in [0.717, 1.165) is 22.3 Å². The van der Waals surface area contributed by atoms with Crippen molar-refractivity contribution in [1.29, 1.82) is 0 Å².